The minimum Gasteiger partial charge on any atom is -0.463 e. The molecule has 0 heterocycles. The summed E-state index contributed by atoms with van der Waals surface area (Å²) >= 11 is 0. The van der Waals surface area contributed by atoms with Gasteiger partial charge in [0.2, 0.25) is 0 Å². The maximum absolute atomic E-state index is 11.8. The van der Waals surface area contributed by atoms with E-state index in [0.29, 0.717) is 18.3 Å². The van der Waals surface area contributed by atoms with Crippen molar-refractivity contribution in [3.63, 3.8) is 0 Å². The van der Waals surface area contributed by atoms with Crippen molar-refractivity contribution in [2.45, 2.75) is 51.4 Å². The Balaban J connectivity index is 2.34. The summed E-state index contributed by atoms with van der Waals surface area (Å²) in [6, 6.07) is 5.69. The summed E-state index contributed by atoms with van der Waals surface area (Å²) < 4.78 is 14.7. The molecule has 0 aliphatic heterocycles. The van der Waals surface area contributed by atoms with E-state index in [2.05, 4.69) is 0 Å². The standard InChI is InChI=1S/C20H26O9/c1-4-20(2,3)29-19(26)16(23)9-17(24)27-11-15(22)12-28-18(25)14-7-5-13(10-21)6-8-14/h5-8,10,15-16,22-23H,4,9,11-12H2,1-3H3. The molecule has 0 saturated carbocycles. The number of benzene rings is 1. The van der Waals surface area contributed by atoms with Crippen LogP contribution in [0.4, 0.5) is 0 Å². The van der Waals surface area contributed by atoms with E-state index in [4.69, 9.17) is 14.2 Å². The van der Waals surface area contributed by atoms with Gasteiger partial charge < -0.3 is 24.4 Å². The number of hydrogen-bond acceptors (Lipinski definition) is 9. The van der Waals surface area contributed by atoms with Gasteiger partial charge in [0.1, 0.15) is 31.2 Å². The van der Waals surface area contributed by atoms with Crippen LogP contribution < -0.4 is 0 Å². The van der Waals surface area contributed by atoms with E-state index >= 15 is 0 Å². The largest absolute Gasteiger partial charge is 0.463 e. The quantitative estimate of drug-likeness (QED) is 0.311. The van der Waals surface area contributed by atoms with Crippen molar-refractivity contribution in [2.24, 2.45) is 0 Å². The van der Waals surface area contributed by atoms with Gasteiger partial charge in [0.05, 0.1) is 12.0 Å². The van der Waals surface area contributed by atoms with Crippen molar-refractivity contribution in [2.75, 3.05) is 13.2 Å². The third-order valence-corrected chi connectivity index (χ3v) is 3.99. The highest BCUT2D eigenvalue weighted by atomic mass is 16.6. The van der Waals surface area contributed by atoms with Crippen molar-refractivity contribution in [1.82, 2.24) is 0 Å². The van der Waals surface area contributed by atoms with Gasteiger partial charge in [-0.3, -0.25) is 9.59 Å². The van der Waals surface area contributed by atoms with Crippen molar-refractivity contribution >= 4 is 24.2 Å². The first-order valence-electron chi connectivity index (χ1n) is 9.05. The van der Waals surface area contributed by atoms with Crippen molar-refractivity contribution < 1.29 is 43.6 Å². The summed E-state index contributed by atoms with van der Waals surface area (Å²) in [6.07, 6.45) is -2.44. The fourth-order valence-corrected chi connectivity index (χ4v) is 1.90. The molecular formula is C20H26O9. The average molecular weight is 410 g/mol. The van der Waals surface area contributed by atoms with Crippen LogP contribution in [0, 0.1) is 0 Å². The molecule has 2 unspecified atom stereocenters. The molecule has 29 heavy (non-hydrogen) atoms. The SMILES string of the molecule is CCC(C)(C)OC(=O)C(O)CC(=O)OCC(O)COC(=O)c1ccc(C=O)cc1. The maximum atomic E-state index is 11.8. The number of aldehydes is 1. The molecule has 2 atom stereocenters. The molecule has 2 N–H and O–H groups in total. The van der Waals surface area contributed by atoms with Gasteiger partial charge in [-0.1, -0.05) is 19.1 Å². The molecule has 0 aliphatic carbocycles. The van der Waals surface area contributed by atoms with Gasteiger partial charge in [0, 0.05) is 5.56 Å². The predicted octanol–water partition coefficient (Wildman–Crippen LogP) is 1.04. The molecule has 0 bridgehead atoms. The molecule has 1 rings (SSSR count). The number of hydrogen-bond donors (Lipinski definition) is 2. The van der Waals surface area contributed by atoms with Gasteiger partial charge in [-0.25, -0.2) is 9.59 Å². The predicted molar refractivity (Wildman–Crippen MR) is 100 cm³/mol. The summed E-state index contributed by atoms with van der Waals surface area (Å²) in [6.45, 7) is 4.23. The van der Waals surface area contributed by atoms with Crippen LogP contribution in [0.5, 0.6) is 0 Å². The van der Waals surface area contributed by atoms with Crippen molar-refractivity contribution in [1.29, 1.82) is 0 Å². The lowest BCUT2D eigenvalue weighted by Gasteiger charge is -2.24. The highest BCUT2D eigenvalue weighted by molar-refractivity contribution is 5.90. The Labute approximate surface area is 168 Å². The first-order valence-corrected chi connectivity index (χ1v) is 9.05. The number of aliphatic hydroxyl groups excluding tert-OH is 2. The van der Waals surface area contributed by atoms with Gasteiger partial charge in [-0.15, -0.1) is 0 Å². The molecule has 160 valence electrons. The molecule has 0 radical (unpaired) electrons. The third-order valence-electron chi connectivity index (χ3n) is 3.99. The second kappa shape index (κ2) is 11.3. The second-order valence-corrected chi connectivity index (χ2v) is 6.93. The molecule has 0 amide bonds. The number of ether oxygens (including phenoxy) is 3. The van der Waals surface area contributed by atoms with Crippen LogP contribution in [0.2, 0.25) is 0 Å². The molecule has 9 nitrogen and oxygen atoms in total. The van der Waals surface area contributed by atoms with E-state index in [1.54, 1.807) is 13.8 Å². The Hall–Kier alpha value is -2.78. The summed E-state index contributed by atoms with van der Waals surface area (Å²) in [5, 5.41) is 19.5. The Morgan fingerprint density at radius 3 is 2.21 bits per heavy atom. The van der Waals surface area contributed by atoms with Gasteiger partial charge in [0.25, 0.3) is 0 Å². The van der Waals surface area contributed by atoms with E-state index < -0.39 is 55.4 Å². The molecule has 0 aromatic heterocycles. The van der Waals surface area contributed by atoms with E-state index in [1.807, 2.05) is 6.92 Å². The zero-order valence-corrected chi connectivity index (χ0v) is 16.6. The number of aliphatic hydroxyl groups is 2. The van der Waals surface area contributed by atoms with Crippen LogP contribution in [0.15, 0.2) is 24.3 Å². The van der Waals surface area contributed by atoms with Crippen LogP contribution >= 0.6 is 0 Å². The van der Waals surface area contributed by atoms with Crippen LogP contribution in [0.3, 0.4) is 0 Å². The summed E-state index contributed by atoms with van der Waals surface area (Å²) in [5.74, 6) is -2.58. The number of rotatable bonds is 11. The Bertz CT molecular complexity index is 709. The van der Waals surface area contributed by atoms with Gasteiger partial charge in [-0.05, 0) is 32.4 Å². The summed E-state index contributed by atoms with van der Waals surface area (Å²) in [5.41, 5.74) is -0.176. The monoisotopic (exact) mass is 410 g/mol. The van der Waals surface area contributed by atoms with E-state index in [1.165, 1.54) is 24.3 Å². The van der Waals surface area contributed by atoms with E-state index in [9.17, 15) is 29.4 Å². The second-order valence-electron chi connectivity index (χ2n) is 6.93. The summed E-state index contributed by atoms with van der Waals surface area (Å²) in [7, 11) is 0. The topological polar surface area (TPSA) is 136 Å². The van der Waals surface area contributed by atoms with Gasteiger partial charge >= 0.3 is 17.9 Å². The van der Waals surface area contributed by atoms with Crippen molar-refractivity contribution in [3.8, 4) is 0 Å². The number of carbonyl (C=O) groups is 4. The molecule has 0 saturated heterocycles. The lowest BCUT2D eigenvalue weighted by atomic mass is 10.1. The Kier molecular flexibility index (Phi) is 9.43. The first-order chi connectivity index (χ1) is 13.6. The molecule has 9 heteroatoms. The van der Waals surface area contributed by atoms with Gasteiger partial charge in [0.15, 0.2) is 6.10 Å². The number of esters is 3. The third kappa shape index (κ3) is 8.84. The lowest BCUT2D eigenvalue weighted by Crippen LogP contribution is -2.35. The van der Waals surface area contributed by atoms with Crippen molar-refractivity contribution in [3.05, 3.63) is 35.4 Å². The van der Waals surface area contributed by atoms with Crippen LogP contribution in [0.25, 0.3) is 0 Å². The van der Waals surface area contributed by atoms with Crippen LogP contribution in [0.1, 0.15) is 54.3 Å². The fraction of sp³-hybridized carbons (Fsp3) is 0.500. The molecule has 0 fully saturated rings. The molecular weight excluding hydrogens is 384 g/mol. The minimum atomic E-state index is -1.68. The normalized spacial score (nSPS) is 13.1. The first kappa shape index (κ1) is 24.3. The summed E-state index contributed by atoms with van der Waals surface area (Å²) in [4.78, 5) is 45.8. The Morgan fingerprint density at radius 2 is 1.66 bits per heavy atom. The molecule has 0 spiro atoms. The maximum Gasteiger partial charge on any atom is 0.338 e. The molecule has 1 aromatic carbocycles. The molecule has 1 aromatic rings. The van der Waals surface area contributed by atoms with E-state index in [0.717, 1.165) is 0 Å². The smallest absolute Gasteiger partial charge is 0.338 e. The number of carbonyl (C=O) groups excluding carboxylic acids is 4. The average Bonchev–Trinajstić information content (AvgIpc) is 2.70. The van der Waals surface area contributed by atoms with E-state index in [-0.39, 0.29) is 5.56 Å². The highest BCUT2D eigenvalue weighted by Gasteiger charge is 2.28. The highest BCUT2D eigenvalue weighted by Crippen LogP contribution is 2.15. The molecule has 0 aliphatic rings. The lowest BCUT2D eigenvalue weighted by molar-refractivity contribution is -0.171. The Morgan fingerprint density at radius 1 is 1.07 bits per heavy atom. The zero-order valence-electron chi connectivity index (χ0n) is 16.6. The minimum absolute atomic E-state index is 0.191. The van der Waals surface area contributed by atoms with Gasteiger partial charge in [-0.2, -0.15) is 0 Å². The van der Waals surface area contributed by atoms with Crippen LogP contribution in [-0.2, 0) is 23.8 Å². The zero-order chi connectivity index (χ0) is 22.0. The fourth-order valence-electron chi connectivity index (χ4n) is 1.90. The van der Waals surface area contributed by atoms with Crippen LogP contribution in [-0.4, -0.2) is 65.4 Å².